The number of benzene rings is 2. The van der Waals surface area contributed by atoms with Gasteiger partial charge in [-0.15, -0.1) is 0 Å². The summed E-state index contributed by atoms with van der Waals surface area (Å²) in [7, 11) is 0. The number of anilines is 1. The highest BCUT2D eigenvalue weighted by Gasteiger charge is 2.21. The first-order valence-electron chi connectivity index (χ1n) is 8.11. The maximum atomic E-state index is 12.6. The van der Waals surface area contributed by atoms with Gasteiger partial charge in [0, 0.05) is 9.26 Å². The van der Waals surface area contributed by atoms with E-state index < -0.39 is 6.04 Å². The predicted octanol–water partition coefficient (Wildman–Crippen LogP) is 3.55. The summed E-state index contributed by atoms with van der Waals surface area (Å²) in [4.78, 5) is 24.7. The van der Waals surface area contributed by atoms with E-state index in [2.05, 4.69) is 33.2 Å². The summed E-state index contributed by atoms with van der Waals surface area (Å²) in [6.07, 6.45) is 2.52. The molecule has 0 saturated heterocycles. The van der Waals surface area contributed by atoms with Crippen LogP contribution in [0.4, 0.5) is 5.69 Å². The van der Waals surface area contributed by atoms with Gasteiger partial charge in [-0.3, -0.25) is 9.59 Å². The molecule has 0 aliphatic carbocycles. The first-order valence-corrected chi connectivity index (χ1v) is 10.6. The highest BCUT2D eigenvalue weighted by Crippen LogP contribution is 2.13. The molecule has 7 heteroatoms. The second-order valence-corrected chi connectivity index (χ2v) is 7.73. The summed E-state index contributed by atoms with van der Waals surface area (Å²) in [5.41, 5.74) is 0.714. The van der Waals surface area contributed by atoms with E-state index in [1.165, 1.54) is 0 Å². The highest BCUT2D eigenvalue weighted by molar-refractivity contribution is 14.1. The fraction of sp³-hybridized carbons (Fsp3) is 0.263. The summed E-state index contributed by atoms with van der Waals surface area (Å²) in [6.45, 7) is -0.129. The van der Waals surface area contributed by atoms with E-state index in [0.29, 0.717) is 17.9 Å². The van der Waals surface area contributed by atoms with E-state index in [0.717, 1.165) is 9.32 Å². The molecule has 0 bridgehead atoms. The van der Waals surface area contributed by atoms with Gasteiger partial charge in [-0.05, 0) is 71.4 Å². The summed E-state index contributed by atoms with van der Waals surface area (Å²) in [5.74, 6) is 0.836. The van der Waals surface area contributed by atoms with Crippen LogP contribution in [0.15, 0.2) is 54.6 Å². The van der Waals surface area contributed by atoms with Crippen molar-refractivity contribution in [2.24, 2.45) is 0 Å². The third kappa shape index (κ3) is 7.25. The zero-order valence-electron chi connectivity index (χ0n) is 14.4. The molecule has 1 atom stereocenters. The number of nitrogens with one attached hydrogen (secondary N) is 2. The molecule has 0 aliphatic heterocycles. The van der Waals surface area contributed by atoms with Gasteiger partial charge in [0.05, 0.1) is 0 Å². The maximum Gasteiger partial charge on any atom is 0.258 e. The molecule has 138 valence electrons. The standard InChI is InChI=1S/C19H21IN2O3S/c1-26-11-10-17(19(24)21-15-7-5-6-14(20)12-15)22-18(23)13-25-16-8-3-2-4-9-16/h2-9,12,17H,10-11,13H2,1H3,(H,21,24)(H,22,23). The summed E-state index contributed by atoms with van der Waals surface area (Å²) in [5, 5.41) is 5.63. The lowest BCUT2D eigenvalue weighted by atomic mass is 10.2. The topological polar surface area (TPSA) is 67.4 Å². The molecule has 0 saturated carbocycles. The molecule has 2 aromatic rings. The molecule has 2 amide bonds. The minimum Gasteiger partial charge on any atom is -0.484 e. The van der Waals surface area contributed by atoms with Crippen LogP contribution in [0.25, 0.3) is 0 Å². The first-order chi connectivity index (χ1) is 12.6. The number of thioether (sulfide) groups is 1. The lowest BCUT2D eigenvalue weighted by Crippen LogP contribution is -2.45. The summed E-state index contributed by atoms with van der Waals surface area (Å²) >= 11 is 3.82. The van der Waals surface area contributed by atoms with Gasteiger partial charge < -0.3 is 15.4 Å². The largest absolute Gasteiger partial charge is 0.484 e. The Bertz CT molecular complexity index is 728. The average molecular weight is 484 g/mol. The van der Waals surface area contributed by atoms with Crippen LogP contribution in [0.2, 0.25) is 0 Å². The van der Waals surface area contributed by atoms with Gasteiger partial charge in [0.2, 0.25) is 5.91 Å². The van der Waals surface area contributed by atoms with Gasteiger partial charge in [0.25, 0.3) is 5.91 Å². The Morgan fingerprint density at radius 2 is 1.92 bits per heavy atom. The normalized spacial score (nSPS) is 11.5. The van der Waals surface area contributed by atoms with E-state index in [1.807, 2.05) is 48.7 Å². The minimum absolute atomic E-state index is 0.129. The SMILES string of the molecule is CSCCC(NC(=O)COc1ccccc1)C(=O)Nc1cccc(I)c1. The monoisotopic (exact) mass is 484 g/mol. The van der Waals surface area contributed by atoms with E-state index in [1.54, 1.807) is 23.9 Å². The fourth-order valence-electron chi connectivity index (χ4n) is 2.20. The van der Waals surface area contributed by atoms with Crippen molar-refractivity contribution in [2.45, 2.75) is 12.5 Å². The number of ether oxygens (including phenoxy) is 1. The molecule has 2 aromatic carbocycles. The minimum atomic E-state index is -0.604. The summed E-state index contributed by atoms with van der Waals surface area (Å²) in [6, 6.07) is 16.0. The van der Waals surface area contributed by atoms with Crippen molar-refractivity contribution >= 4 is 51.9 Å². The summed E-state index contributed by atoms with van der Waals surface area (Å²) < 4.78 is 6.47. The van der Waals surface area contributed by atoms with Gasteiger partial charge in [-0.2, -0.15) is 11.8 Å². The molecule has 2 N–H and O–H groups in total. The Kier molecular flexibility index (Phi) is 8.76. The fourth-order valence-corrected chi connectivity index (χ4v) is 3.22. The molecular formula is C19H21IN2O3S. The lowest BCUT2D eigenvalue weighted by Gasteiger charge is -2.18. The molecule has 26 heavy (non-hydrogen) atoms. The van der Waals surface area contributed by atoms with Gasteiger partial charge >= 0.3 is 0 Å². The number of carbonyl (C=O) groups is 2. The molecule has 1 unspecified atom stereocenters. The number of carbonyl (C=O) groups excluding carboxylic acids is 2. The van der Waals surface area contributed by atoms with Crippen LogP contribution in [0.1, 0.15) is 6.42 Å². The molecule has 5 nitrogen and oxygen atoms in total. The van der Waals surface area contributed by atoms with Gasteiger partial charge in [0.15, 0.2) is 6.61 Å². The number of hydrogen-bond donors (Lipinski definition) is 2. The van der Waals surface area contributed by atoms with E-state index in [9.17, 15) is 9.59 Å². The Hall–Kier alpha value is -1.74. The molecule has 0 radical (unpaired) electrons. The predicted molar refractivity (Wildman–Crippen MR) is 115 cm³/mol. The van der Waals surface area contributed by atoms with Crippen LogP contribution < -0.4 is 15.4 Å². The zero-order valence-corrected chi connectivity index (χ0v) is 17.4. The van der Waals surface area contributed by atoms with Gasteiger partial charge in [0.1, 0.15) is 11.8 Å². The van der Waals surface area contributed by atoms with Crippen molar-refractivity contribution < 1.29 is 14.3 Å². The second-order valence-electron chi connectivity index (χ2n) is 5.50. The van der Waals surface area contributed by atoms with E-state index >= 15 is 0 Å². The molecule has 0 aromatic heterocycles. The van der Waals surface area contributed by atoms with Crippen molar-refractivity contribution in [1.82, 2.24) is 5.32 Å². The Morgan fingerprint density at radius 3 is 2.62 bits per heavy atom. The Labute approximate surface area is 171 Å². The maximum absolute atomic E-state index is 12.6. The van der Waals surface area contributed by atoms with Crippen molar-refractivity contribution in [1.29, 1.82) is 0 Å². The lowest BCUT2D eigenvalue weighted by molar-refractivity contribution is -0.127. The molecule has 0 heterocycles. The first kappa shape index (κ1) is 20.6. The molecule has 0 aliphatic rings. The molecule has 0 spiro atoms. The van der Waals surface area contributed by atoms with Crippen molar-refractivity contribution in [3.8, 4) is 5.75 Å². The Balaban J connectivity index is 1.92. The van der Waals surface area contributed by atoms with Crippen LogP contribution in [0, 0.1) is 3.57 Å². The third-order valence-corrected chi connectivity index (χ3v) is 4.78. The third-order valence-electron chi connectivity index (χ3n) is 3.47. The smallest absolute Gasteiger partial charge is 0.258 e. The molecule has 2 rings (SSSR count). The van der Waals surface area contributed by atoms with Gasteiger partial charge in [-0.1, -0.05) is 24.3 Å². The number of para-hydroxylation sites is 1. The van der Waals surface area contributed by atoms with Crippen LogP contribution in [-0.4, -0.2) is 36.5 Å². The zero-order chi connectivity index (χ0) is 18.8. The quantitative estimate of drug-likeness (QED) is 0.535. The van der Waals surface area contributed by atoms with Crippen LogP contribution in [-0.2, 0) is 9.59 Å². The van der Waals surface area contributed by atoms with Crippen molar-refractivity contribution in [3.63, 3.8) is 0 Å². The van der Waals surface area contributed by atoms with E-state index in [-0.39, 0.29) is 18.4 Å². The number of halogens is 1. The average Bonchev–Trinajstić information content (AvgIpc) is 2.64. The Morgan fingerprint density at radius 1 is 1.15 bits per heavy atom. The second kappa shape index (κ2) is 11.1. The van der Waals surface area contributed by atoms with Crippen LogP contribution >= 0.6 is 34.4 Å². The van der Waals surface area contributed by atoms with Crippen LogP contribution in [0.5, 0.6) is 5.75 Å². The highest BCUT2D eigenvalue weighted by atomic mass is 127. The van der Waals surface area contributed by atoms with Gasteiger partial charge in [-0.25, -0.2) is 0 Å². The molecular weight excluding hydrogens is 463 g/mol. The number of rotatable bonds is 9. The number of amides is 2. The molecule has 0 fully saturated rings. The van der Waals surface area contributed by atoms with Crippen molar-refractivity contribution in [3.05, 3.63) is 58.2 Å². The van der Waals surface area contributed by atoms with Crippen molar-refractivity contribution in [2.75, 3.05) is 23.9 Å². The van der Waals surface area contributed by atoms with E-state index in [4.69, 9.17) is 4.74 Å². The number of hydrogen-bond acceptors (Lipinski definition) is 4. The van der Waals surface area contributed by atoms with Crippen LogP contribution in [0.3, 0.4) is 0 Å².